The van der Waals surface area contributed by atoms with E-state index in [0.717, 1.165) is 12.8 Å². The number of nitrogens with one attached hydrogen (secondary N) is 1. The van der Waals surface area contributed by atoms with Crippen LogP contribution < -0.4 is 14.8 Å². The molecule has 2 aromatic rings. The van der Waals surface area contributed by atoms with E-state index in [1.165, 1.54) is 5.56 Å². The maximum Gasteiger partial charge on any atom is 0.330 e. The Morgan fingerprint density at radius 3 is 2.33 bits per heavy atom. The number of anilines is 1. The summed E-state index contributed by atoms with van der Waals surface area (Å²) in [6.45, 7) is 4.68. The van der Waals surface area contributed by atoms with Crippen molar-refractivity contribution in [3.8, 4) is 17.8 Å². The third kappa shape index (κ3) is 4.30. The molecule has 0 aliphatic heterocycles. The number of rotatable bonds is 7. The fraction of sp³-hybridized carbons (Fsp3) is 0.400. The van der Waals surface area contributed by atoms with Crippen LogP contribution >= 0.6 is 0 Å². The van der Waals surface area contributed by atoms with Crippen molar-refractivity contribution in [3.63, 3.8) is 0 Å². The third-order valence-corrected chi connectivity index (χ3v) is 2.79. The maximum absolute atomic E-state index is 5.66. The zero-order chi connectivity index (χ0) is 15.1. The molecule has 0 aliphatic rings. The summed E-state index contributed by atoms with van der Waals surface area (Å²) in [5.74, 6) is 1.10. The van der Waals surface area contributed by atoms with Crippen LogP contribution in [0.25, 0.3) is 0 Å². The van der Waals surface area contributed by atoms with Crippen molar-refractivity contribution < 1.29 is 9.47 Å². The number of ether oxygens (including phenoxy) is 2. The molecule has 0 amide bonds. The van der Waals surface area contributed by atoms with Crippen LogP contribution in [0.3, 0.4) is 0 Å². The lowest BCUT2D eigenvalue weighted by molar-refractivity contribution is 0.285. The highest BCUT2D eigenvalue weighted by Gasteiger charge is 2.08. The Balaban J connectivity index is 2.16. The SMILES string of the molecule is CCCOc1nc(NC)nc(Oc2ccc(CC)cc2)n1. The molecule has 2 rings (SSSR count). The van der Waals surface area contributed by atoms with Gasteiger partial charge in [-0.3, -0.25) is 0 Å². The van der Waals surface area contributed by atoms with Gasteiger partial charge in [-0.1, -0.05) is 26.0 Å². The van der Waals surface area contributed by atoms with Gasteiger partial charge in [-0.05, 0) is 30.5 Å². The second kappa shape index (κ2) is 7.42. The maximum atomic E-state index is 5.66. The molecule has 0 unspecified atom stereocenters. The van der Waals surface area contributed by atoms with Crippen LogP contribution in [-0.4, -0.2) is 28.6 Å². The van der Waals surface area contributed by atoms with Crippen molar-refractivity contribution in [2.75, 3.05) is 19.0 Å². The second-order valence-electron chi connectivity index (χ2n) is 4.42. The van der Waals surface area contributed by atoms with Crippen molar-refractivity contribution in [1.82, 2.24) is 15.0 Å². The van der Waals surface area contributed by atoms with E-state index in [9.17, 15) is 0 Å². The van der Waals surface area contributed by atoms with Gasteiger partial charge in [-0.2, -0.15) is 9.97 Å². The Morgan fingerprint density at radius 2 is 1.71 bits per heavy atom. The molecule has 0 aliphatic carbocycles. The summed E-state index contributed by atoms with van der Waals surface area (Å²) in [5.41, 5.74) is 1.25. The van der Waals surface area contributed by atoms with Crippen LogP contribution in [0.5, 0.6) is 17.8 Å². The Bertz CT molecular complexity index is 572. The van der Waals surface area contributed by atoms with E-state index < -0.39 is 0 Å². The van der Waals surface area contributed by atoms with Crippen LogP contribution in [0.2, 0.25) is 0 Å². The summed E-state index contributed by atoms with van der Waals surface area (Å²) in [7, 11) is 1.73. The number of hydrogen-bond acceptors (Lipinski definition) is 6. The fourth-order valence-electron chi connectivity index (χ4n) is 1.65. The molecule has 6 nitrogen and oxygen atoms in total. The molecule has 0 spiro atoms. The summed E-state index contributed by atoms with van der Waals surface area (Å²) in [5, 5.41) is 2.87. The summed E-state index contributed by atoms with van der Waals surface area (Å²) < 4.78 is 11.1. The lowest BCUT2D eigenvalue weighted by Crippen LogP contribution is -2.06. The first-order valence-corrected chi connectivity index (χ1v) is 7.08. The molecule has 1 aromatic carbocycles. The van der Waals surface area contributed by atoms with Gasteiger partial charge >= 0.3 is 12.0 Å². The second-order valence-corrected chi connectivity index (χ2v) is 4.42. The molecule has 0 radical (unpaired) electrons. The summed E-state index contributed by atoms with van der Waals surface area (Å²) in [6, 6.07) is 8.30. The summed E-state index contributed by atoms with van der Waals surface area (Å²) >= 11 is 0. The average molecular weight is 288 g/mol. The zero-order valence-corrected chi connectivity index (χ0v) is 12.6. The van der Waals surface area contributed by atoms with Gasteiger partial charge in [0.05, 0.1) is 6.61 Å². The van der Waals surface area contributed by atoms with E-state index >= 15 is 0 Å². The molecular weight excluding hydrogens is 268 g/mol. The lowest BCUT2D eigenvalue weighted by Gasteiger charge is -2.08. The smallest absolute Gasteiger partial charge is 0.330 e. The molecule has 6 heteroatoms. The number of aryl methyl sites for hydroxylation is 1. The first-order valence-electron chi connectivity index (χ1n) is 7.08. The molecule has 0 saturated carbocycles. The van der Waals surface area contributed by atoms with E-state index in [4.69, 9.17) is 9.47 Å². The van der Waals surface area contributed by atoms with E-state index in [1.54, 1.807) is 7.05 Å². The largest absolute Gasteiger partial charge is 0.463 e. The Labute approximate surface area is 124 Å². The monoisotopic (exact) mass is 288 g/mol. The van der Waals surface area contributed by atoms with Gasteiger partial charge in [0.25, 0.3) is 0 Å². The van der Waals surface area contributed by atoms with Gasteiger partial charge in [0, 0.05) is 7.05 Å². The van der Waals surface area contributed by atoms with Crippen molar-refractivity contribution in [3.05, 3.63) is 29.8 Å². The minimum atomic E-state index is 0.213. The van der Waals surface area contributed by atoms with Crippen molar-refractivity contribution in [2.24, 2.45) is 0 Å². The topological polar surface area (TPSA) is 69.2 Å². The van der Waals surface area contributed by atoms with Gasteiger partial charge in [0.2, 0.25) is 5.95 Å². The van der Waals surface area contributed by atoms with Gasteiger partial charge in [-0.15, -0.1) is 4.98 Å². The molecule has 0 fully saturated rings. The minimum absolute atomic E-state index is 0.213. The molecular formula is C15H20N4O2. The molecule has 1 heterocycles. The van der Waals surface area contributed by atoms with Crippen LogP contribution in [0.15, 0.2) is 24.3 Å². The lowest BCUT2D eigenvalue weighted by atomic mass is 10.2. The molecule has 0 saturated heterocycles. The number of hydrogen-bond donors (Lipinski definition) is 1. The highest BCUT2D eigenvalue weighted by Crippen LogP contribution is 2.21. The first-order chi connectivity index (χ1) is 10.2. The van der Waals surface area contributed by atoms with Gasteiger partial charge in [0.1, 0.15) is 5.75 Å². The van der Waals surface area contributed by atoms with Crippen molar-refractivity contribution >= 4 is 5.95 Å². The quantitative estimate of drug-likeness (QED) is 0.844. The summed E-state index contributed by atoms with van der Waals surface area (Å²) in [4.78, 5) is 12.4. The molecule has 1 N–H and O–H groups in total. The predicted molar refractivity (Wildman–Crippen MR) is 81.1 cm³/mol. The highest BCUT2D eigenvalue weighted by molar-refractivity contribution is 5.31. The van der Waals surface area contributed by atoms with Crippen molar-refractivity contribution in [1.29, 1.82) is 0 Å². The normalized spacial score (nSPS) is 10.2. The molecule has 21 heavy (non-hydrogen) atoms. The zero-order valence-electron chi connectivity index (χ0n) is 12.6. The standard InChI is InChI=1S/C15H20N4O2/c1-4-10-20-14-17-13(16-3)18-15(19-14)21-12-8-6-11(5-2)7-9-12/h6-9H,4-5,10H2,1-3H3,(H,16,17,18,19). The minimum Gasteiger partial charge on any atom is -0.463 e. The summed E-state index contributed by atoms with van der Waals surface area (Å²) in [6.07, 6.45) is 1.88. The number of nitrogens with zero attached hydrogens (tertiary/aromatic N) is 3. The number of benzene rings is 1. The number of aromatic nitrogens is 3. The molecule has 0 bridgehead atoms. The third-order valence-electron chi connectivity index (χ3n) is 2.79. The molecule has 0 atom stereocenters. The van der Waals surface area contributed by atoms with Gasteiger partial charge in [-0.25, -0.2) is 0 Å². The van der Waals surface area contributed by atoms with E-state index in [1.807, 2.05) is 31.2 Å². The highest BCUT2D eigenvalue weighted by atomic mass is 16.5. The van der Waals surface area contributed by atoms with Crippen LogP contribution in [0.4, 0.5) is 5.95 Å². The van der Waals surface area contributed by atoms with Crippen molar-refractivity contribution in [2.45, 2.75) is 26.7 Å². The molecule has 112 valence electrons. The van der Waals surface area contributed by atoms with Crippen LogP contribution in [0, 0.1) is 0 Å². The Hall–Kier alpha value is -2.37. The van der Waals surface area contributed by atoms with E-state index in [2.05, 4.69) is 27.2 Å². The van der Waals surface area contributed by atoms with Gasteiger partial charge < -0.3 is 14.8 Å². The fourth-order valence-corrected chi connectivity index (χ4v) is 1.65. The average Bonchev–Trinajstić information content (AvgIpc) is 2.53. The van der Waals surface area contributed by atoms with E-state index in [-0.39, 0.29) is 12.0 Å². The van der Waals surface area contributed by atoms with Gasteiger partial charge in [0.15, 0.2) is 0 Å². The molecule has 1 aromatic heterocycles. The predicted octanol–water partition coefficient (Wildman–Crippen LogP) is 3.06. The van der Waals surface area contributed by atoms with Crippen LogP contribution in [-0.2, 0) is 6.42 Å². The Morgan fingerprint density at radius 1 is 1.00 bits per heavy atom. The van der Waals surface area contributed by atoms with E-state index in [0.29, 0.717) is 18.3 Å². The van der Waals surface area contributed by atoms with Crippen LogP contribution in [0.1, 0.15) is 25.8 Å². The Kier molecular flexibility index (Phi) is 5.31. The first kappa shape index (κ1) is 15.0.